The Bertz CT molecular complexity index is 791. The van der Waals surface area contributed by atoms with Crippen molar-refractivity contribution in [2.24, 2.45) is 0 Å². The third kappa shape index (κ3) is 6.49. The van der Waals surface area contributed by atoms with Crippen molar-refractivity contribution in [2.75, 3.05) is 13.1 Å². The molecule has 0 heterocycles. The summed E-state index contributed by atoms with van der Waals surface area (Å²) in [5.41, 5.74) is -0.00237. The summed E-state index contributed by atoms with van der Waals surface area (Å²) in [6.45, 7) is 1.59. The van der Waals surface area contributed by atoms with Crippen LogP contribution in [0.25, 0.3) is 0 Å². The number of rotatable bonds is 8. The van der Waals surface area contributed by atoms with E-state index in [-0.39, 0.29) is 30.8 Å². The van der Waals surface area contributed by atoms with Crippen molar-refractivity contribution in [1.29, 1.82) is 0 Å². The lowest BCUT2D eigenvalue weighted by Gasteiger charge is -2.21. The molecule has 0 fully saturated rings. The number of ether oxygens (including phenoxy) is 1. The minimum atomic E-state index is -4.84. The van der Waals surface area contributed by atoms with Gasteiger partial charge in [-0.25, -0.2) is 8.78 Å². The Morgan fingerprint density at radius 1 is 1.07 bits per heavy atom. The molecule has 0 unspecified atom stereocenters. The number of hydrogen-bond donors (Lipinski definition) is 1. The lowest BCUT2D eigenvalue weighted by atomic mass is 10.2. The van der Waals surface area contributed by atoms with Crippen molar-refractivity contribution in [2.45, 2.75) is 26.4 Å². The van der Waals surface area contributed by atoms with Crippen molar-refractivity contribution in [3.05, 3.63) is 65.2 Å². The molecular weight excluding hydrogens is 383 g/mol. The van der Waals surface area contributed by atoms with Crippen LogP contribution in [0.15, 0.2) is 42.5 Å². The Hall–Kier alpha value is -2.68. The zero-order chi connectivity index (χ0) is 20.7. The highest BCUT2D eigenvalue weighted by atomic mass is 19.4. The number of carbonyl (C=O) groups is 1. The minimum Gasteiger partial charge on any atom is -0.405 e. The van der Waals surface area contributed by atoms with Gasteiger partial charge in [0.15, 0.2) is 0 Å². The Morgan fingerprint density at radius 2 is 1.71 bits per heavy atom. The summed E-state index contributed by atoms with van der Waals surface area (Å²) in [5, 5.41) is 2.49. The second-order valence-electron chi connectivity index (χ2n) is 5.94. The monoisotopic (exact) mass is 402 g/mol. The van der Waals surface area contributed by atoms with E-state index in [0.29, 0.717) is 6.54 Å². The first-order chi connectivity index (χ1) is 13.2. The van der Waals surface area contributed by atoms with Gasteiger partial charge in [0, 0.05) is 24.2 Å². The standard InChI is InChI=1S/C19H19F5N2O2/c1-2-26(11-14-15(20)7-5-8-16(14)21)12-18(27)25-10-13-6-3-4-9-17(13)28-19(22,23)24/h3-9H,2,10-12H2,1H3,(H,25,27). The van der Waals surface area contributed by atoms with Crippen LogP contribution in [0.1, 0.15) is 18.1 Å². The molecule has 28 heavy (non-hydrogen) atoms. The maximum absolute atomic E-state index is 13.8. The fourth-order valence-electron chi connectivity index (χ4n) is 2.51. The molecule has 2 aromatic carbocycles. The van der Waals surface area contributed by atoms with E-state index < -0.39 is 29.7 Å². The molecule has 9 heteroatoms. The molecule has 2 aromatic rings. The van der Waals surface area contributed by atoms with Gasteiger partial charge >= 0.3 is 6.36 Å². The molecule has 0 radical (unpaired) electrons. The lowest BCUT2D eigenvalue weighted by molar-refractivity contribution is -0.274. The summed E-state index contributed by atoms with van der Waals surface area (Å²) < 4.78 is 68.7. The van der Waals surface area contributed by atoms with Crippen LogP contribution in [0, 0.1) is 11.6 Å². The molecule has 1 amide bonds. The summed E-state index contributed by atoms with van der Waals surface area (Å²) in [6.07, 6.45) is -4.84. The second kappa shape index (κ2) is 9.50. The van der Waals surface area contributed by atoms with Crippen molar-refractivity contribution in [3.8, 4) is 5.75 Å². The van der Waals surface area contributed by atoms with E-state index in [2.05, 4.69) is 10.1 Å². The van der Waals surface area contributed by atoms with Crippen LogP contribution >= 0.6 is 0 Å². The van der Waals surface area contributed by atoms with Gasteiger partial charge in [0.25, 0.3) is 0 Å². The summed E-state index contributed by atoms with van der Waals surface area (Å²) in [4.78, 5) is 13.6. The van der Waals surface area contributed by atoms with Crippen LogP contribution < -0.4 is 10.1 Å². The molecule has 0 aliphatic heterocycles. The van der Waals surface area contributed by atoms with Crippen LogP contribution in [0.3, 0.4) is 0 Å². The highest BCUT2D eigenvalue weighted by molar-refractivity contribution is 5.78. The molecule has 0 spiro atoms. The number of nitrogens with one attached hydrogen (secondary N) is 1. The Kier molecular flexibility index (Phi) is 7.33. The Labute approximate surface area is 158 Å². The number of halogens is 5. The van der Waals surface area contributed by atoms with E-state index in [0.717, 1.165) is 18.2 Å². The maximum atomic E-state index is 13.8. The largest absolute Gasteiger partial charge is 0.573 e. The number of amides is 1. The zero-order valence-corrected chi connectivity index (χ0v) is 15.0. The fourth-order valence-corrected chi connectivity index (χ4v) is 2.51. The van der Waals surface area contributed by atoms with E-state index in [1.807, 2.05) is 0 Å². The first-order valence-electron chi connectivity index (χ1n) is 8.45. The van der Waals surface area contributed by atoms with Gasteiger partial charge in [-0.05, 0) is 24.7 Å². The molecule has 0 atom stereocenters. The van der Waals surface area contributed by atoms with Gasteiger partial charge in [-0.3, -0.25) is 9.69 Å². The van der Waals surface area contributed by atoms with Gasteiger partial charge in [-0.1, -0.05) is 31.2 Å². The van der Waals surface area contributed by atoms with Crippen LogP contribution in [0.4, 0.5) is 22.0 Å². The second-order valence-corrected chi connectivity index (χ2v) is 5.94. The molecule has 2 rings (SSSR count). The van der Waals surface area contributed by atoms with Gasteiger partial charge < -0.3 is 10.1 Å². The summed E-state index contributed by atoms with van der Waals surface area (Å²) in [5.74, 6) is -2.33. The highest BCUT2D eigenvalue weighted by Gasteiger charge is 2.32. The molecule has 152 valence electrons. The topological polar surface area (TPSA) is 41.6 Å². The normalized spacial score (nSPS) is 11.5. The fraction of sp³-hybridized carbons (Fsp3) is 0.316. The van der Waals surface area contributed by atoms with E-state index in [9.17, 15) is 26.7 Å². The maximum Gasteiger partial charge on any atom is 0.573 e. The number of alkyl halides is 3. The molecule has 1 N–H and O–H groups in total. The average Bonchev–Trinajstić information content (AvgIpc) is 2.62. The first-order valence-corrected chi connectivity index (χ1v) is 8.45. The van der Waals surface area contributed by atoms with Gasteiger partial charge in [-0.15, -0.1) is 13.2 Å². The smallest absolute Gasteiger partial charge is 0.405 e. The SMILES string of the molecule is CCN(CC(=O)NCc1ccccc1OC(F)(F)F)Cc1c(F)cccc1F. The number of benzene rings is 2. The summed E-state index contributed by atoms with van der Waals surface area (Å²) in [7, 11) is 0. The zero-order valence-electron chi connectivity index (χ0n) is 15.0. The first kappa shape index (κ1) is 21.6. The minimum absolute atomic E-state index is 0.115. The van der Waals surface area contributed by atoms with Gasteiger partial charge in [0.2, 0.25) is 5.91 Å². The molecule has 0 saturated heterocycles. The number of carbonyl (C=O) groups excluding carboxylic acids is 1. The molecule has 0 aromatic heterocycles. The highest BCUT2D eigenvalue weighted by Crippen LogP contribution is 2.26. The predicted molar refractivity (Wildman–Crippen MR) is 92.3 cm³/mol. The van der Waals surface area contributed by atoms with Crippen molar-refractivity contribution in [3.63, 3.8) is 0 Å². The van der Waals surface area contributed by atoms with E-state index in [4.69, 9.17) is 0 Å². The van der Waals surface area contributed by atoms with Gasteiger partial charge in [0.1, 0.15) is 17.4 Å². The van der Waals surface area contributed by atoms with Crippen LogP contribution in [-0.2, 0) is 17.9 Å². The van der Waals surface area contributed by atoms with E-state index in [1.54, 1.807) is 6.92 Å². The Balaban J connectivity index is 1.96. The lowest BCUT2D eigenvalue weighted by Crippen LogP contribution is -2.37. The van der Waals surface area contributed by atoms with E-state index >= 15 is 0 Å². The molecule has 0 aliphatic rings. The van der Waals surface area contributed by atoms with E-state index in [1.165, 1.54) is 29.2 Å². The van der Waals surface area contributed by atoms with Crippen LogP contribution in [-0.4, -0.2) is 30.3 Å². The average molecular weight is 402 g/mol. The summed E-state index contributed by atoms with van der Waals surface area (Å²) in [6, 6.07) is 8.95. The van der Waals surface area contributed by atoms with Gasteiger partial charge in [0.05, 0.1) is 6.54 Å². The molecular formula is C19H19F5N2O2. The van der Waals surface area contributed by atoms with Crippen molar-refractivity contribution >= 4 is 5.91 Å². The van der Waals surface area contributed by atoms with Crippen LogP contribution in [0.2, 0.25) is 0 Å². The Morgan fingerprint density at radius 3 is 2.32 bits per heavy atom. The van der Waals surface area contributed by atoms with Gasteiger partial charge in [-0.2, -0.15) is 0 Å². The third-order valence-electron chi connectivity index (χ3n) is 3.93. The van der Waals surface area contributed by atoms with Crippen LogP contribution in [0.5, 0.6) is 5.75 Å². The van der Waals surface area contributed by atoms with Crippen molar-refractivity contribution in [1.82, 2.24) is 10.2 Å². The number of nitrogens with zero attached hydrogens (tertiary/aromatic N) is 1. The number of para-hydroxylation sites is 1. The summed E-state index contributed by atoms with van der Waals surface area (Å²) >= 11 is 0. The molecule has 0 aliphatic carbocycles. The molecule has 4 nitrogen and oxygen atoms in total. The molecule has 0 bridgehead atoms. The predicted octanol–water partition coefficient (Wildman–Crippen LogP) is 4.00. The quantitative estimate of drug-likeness (QED) is 0.679. The third-order valence-corrected chi connectivity index (χ3v) is 3.93. The number of hydrogen-bond acceptors (Lipinski definition) is 3. The van der Waals surface area contributed by atoms with Crippen molar-refractivity contribution < 1.29 is 31.5 Å². The molecule has 0 saturated carbocycles. The number of likely N-dealkylation sites (N-methyl/N-ethyl adjacent to an activating group) is 1.